The second-order valence-electron chi connectivity index (χ2n) is 6.08. The zero-order valence-electron chi connectivity index (χ0n) is 11.4. The fourth-order valence-corrected chi connectivity index (χ4v) is 2.99. The van der Waals surface area contributed by atoms with Crippen molar-refractivity contribution >= 4 is 0 Å². The van der Waals surface area contributed by atoms with E-state index in [-0.39, 0.29) is 0 Å². The summed E-state index contributed by atoms with van der Waals surface area (Å²) in [5.41, 5.74) is 0. The second-order valence-corrected chi connectivity index (χ2v) is 6.08. The summed E-state index contributed by atoms with van der Waals surface area (Å²) in [4.78, 5) is 2.50. The Kier molecular flexibility index (Phi) is 4.19. The zero-order valence-corrected chi connectivity index (χ0v) is 11.4. The summed E-state index contributed by atoms with van der Waals surface area (Å²) in [6.45, 7) is 7.30. The van der Waals surface area contributed by atoms with Gasteiger partial charge in [-0.05, 0) is 32.6 Å². The minimum absolute atomic E-state index is 0.382. The number of hydrogen-bond acceptors (Lipinski definition) is 4. The maximum atomic E-state index is 6.13. The average Bonchev–Trinajstić information content (AvgIpc) is 3.08. The lowest BCUT2D eigenvalue weighted by molar-refractivity contribution is -0.0423. The average molecular weight is 254 g/mol. The fraction of sp³-hybridized carbons (Fsp3) is 1.00. The fourth-order valence-electron chi connectivity index (χ4n) is 2.99. The second kappa shape index (κ2) is 5.87. The molecule has 2 aliphatic heterocycles. The predicted octanol–water partition coefficient (Wildman–Crippen LogP) is 1.01. The van der Waals surface area contributed by atoms with Crippen LogP contribution in [0.15, 0.2) is 0 Å². The van der Waals surface area contributed by atoms with Crippen LogP contribution in [0.5, 0.6) is 0 Å². The highest BCUT2D eigenvalue weighted by Gasteiger charge is 2.29. The van der Waals surface area contributed by atoms with Crippen LogP contribution in [0.25, 0.3) is 0 Å². The van der Waals surface area contributed by atoms with Crippen molar-refractivity contribution in [2.45, 2.75) is 57.0 Å². The standard InChI is InChI=1S/C14H26N2O2/c1-11-9-16(6-7-17-11)10-14-5-4-13(18-14)8-15-12-2-3-12/h11-15H,2-10H2,1H3. The molecule has 104 valence electrons. The lowest BCUT2D eigenvalue weighted by Gasteiger charge is -2.32. The van der Waals surface area contributed by atoms with Gasteiger partial charge < -0.3 is 14.8 Å². The van der Waals surface area contributed by atoms with Crippen LogP contribution in [0.3, 0.4) is 0 Å². The molecule has 0 aromatic carbocycles. The van der Waals surface area contributed by atoms with Crippen molar-refractivity contribution in [3.63, 3.8) is 0 Å². The first kappa shape index (κ1) is 12.9. The normalized spacial score (nSPS) is 38.2. The molecule has 18 heavy (non-hydrogen) atoms. The van der Waals surface area contributed by atoms with Gasteiger partial charge in [-0.2, -0.15) is 0 Å². The molecular weight excluding hydrogens is 228 g/mol. The third-order valence-corrected chi connectivity index (χ3v) is 4.19. The summed E-state index contributed by atoms with van der Waals surface area (Å²) in [7, 11) is 0. The number of nitrogens with zero attached hydrogens (tertiary/aromatic N) is 1. The van der Waals surface area contributed by atoms with Crippen LogP contribution in [0.2, 0.25) is 0 Å². The Balaban J connectivity index is 1.35. The van der Waals surface area contributed by atoms with Gasteiger partial charge in [0.05, 0.1) is 24.9 Å². The highest BCUT2D eigenvalue weighted by atomic mass is 16.5. The largest absolute Gasteiger partial charge is 0.376 e. The first-order chi connectivity index (χ1) is 8.79. The lowest BCUT2D eigenvalue weighted by atomic mass is 10.1. The molecule has 3 fully saturated rings. The van der Waals surface area contributed by atoms with E-state index in [9.17, 15) is 0 Å². The van der Waals surface area contributed by atoms with Crippen LogP contribution in [0.4, 0.5) is 0 Å². The lowest BCUT2D eigenvalue weighted by Crippen LogP contribution is -2.44. The van der Waals surface area contributed by atoms with E-state index in [2.05, 4.69) is 17.1 Å². The van der Waals surface area contributed by atoms with Crippen molar-refractivity contribution in [1.29, 1.82) is 0 Å². The molecule has 3 aliphatic rings. The van der Waals surface area contributed by atoms with Gasteiger partial charge in [0.1, 0.15) is 0 Å². The van der Waals surface area contributed by atoms with Crippen molar-refractivity contribution in [2.24, 2.45) is 0 Å². The van der Waals surface area contributed by atoms with Gasteiger partial charge in [0.15, 0.2) is 0 Å². The number of morpholine rings is 1. The van der Waals surface area contributed by atoms with Gasteiger partial charge in [-0.3, -0.25) is 4.90 Å². The Labute approximate surface area is 110 Å². The highest BCUT2D eigenvalue weighted by Crippen LogP contribution is 2.23. The molecule has 4 nitrogen and oxygen atoms in total. The van der Waals surface area contributed by atoms with Crippen LogP contribution in [0, 0.1) is 0 Å². The van der Waals surface area contributed by atoms with Gasteiger partial charge in [0, 0.05) is 32.2 Å². The maximum absolute atomic E-state index is 6.13. The number of rotatable bonds is 5. The van der Waals surface area contributed by atoms with Gasteiger partial charge in [-0.1, -0.05) is 0 Å². The molecule has 1 N–H and O–H groups in total. The van der Waals surface area contributed by atoms with Crippen molar-refractivity contribution < 1.29 is 9.47 Å². The van der Waals surface area contributed by atoms with E-state index < -0.39 is 0 Å². The van der Waals surface area contributed by atoms with E-state index in [0.717, 1.165) is 38.8 Å². The zero-order chi connectivity index (χ0) is 12.4. The summed E-state index contributed by atoms with van der Waals surface area (Å²) in [5.74, 6) is 0. The SMILES string of the molecule is CC1CN(CC2CCC(CNC3CC3)O2)CCO1. The minimum Gasteiger partial charge on any atom is -0.376 e. The summed E-state index contributed by atoms with van der Waals surface area (Å²) in [6, 6.07) is 0.799. The number of nitrogens with one attached hydrogen (secondary N) is 1. The van der Waals surface area contributed by atoms with Gasteiger partial charge in [-0.15, -0.1) is 0 Å². The monoisotopic (exact) mass is 254 g/mol. The molecule has 0 amide bonds. The van der Waals surface area contributed by atoms with Gasteiger partial charge in [-0.25, -0.2) is 0 Å². The summed E-state index contributed by atoms with van der Waals surface area (Å²) in [6.07, 6.45) is 6.46. The summed E-state index contributed by atoms with van der Waals surface area (Å²) < 4.78 is 11.7. The number of hydrogen-bond donors (Lipinski definition) is 1. The van der Waals surface area contributed by atoms with Crippen molar-refractivity contribution in [3.8, 4) is 0 Å². The number of ether oxygens (including phenoxy) is 2. The van der Waals surface area contributed by atoms with Gasteiger partial charge in [0.25, 0.3) is 0 Å². The molecule has 0 aromatic rings. The van der Waals surface area contributed by atoms with Crippen LogP contribution in [-0.2, 0) is 9.47 Å². The molecule has 0 aromatic heterocycles. The Morgan fingerprint density at radius 1 is 1.17 bits per heavy atom. The molecule has 1 aliphatic carbocycles. The van der Waals surface area contributed by atoms with Gasteiger partial charge in [0.2, 0.25) is 0 Å². The Morgan fingerprint density at radius 2 is 2.00 bits per heavy atom. The molecule has 0 spiro atoms. The van der Waals surface area contributed by atoms with E-state index in [1.165, 1.54) is 25.7 Å². The first-order valence-electron chi connectivity index (χ1n) is 7.52. The highest BCUT2D eigenvalue weighted by molar-refractivity contribution is 4.85. The van der Waals surface area contributed by atoms with E-state index in [4.69, 9.17) is 9.47 Å². The van der Waals surface area contributed by atoms with E-state index in [1.54, 1.807) is 0 Å². The molecule has 1 saturated carbocycles. The van der Waals surface area contributed by atoms with Crippen LogP contribution < -0.4 is 5.32 Å². The first-order valence-corrected chi connectivity index (χ1v) is 7.52. The predicted molar refractivity (Wildman–Crippen MR) is 70.8 cm³/mol. The van der Waals surface area contributed by atoms with E-state index >= 15 is 0 Å². The summed E-state index contributed by atoms with van der Waals surface area (Å²) >= 11 is 0. The maximum Gasteiger partial charge on any atom is 0.0707 e. The van der Waals surface area contributed by atoms with E-state index in [0.29, 0.717) is 18.3 Å². The Morgan fingerprint density at radius 3 is 2.78 bits per heavy atom. The quantitative estimate of drug-likeness (QED) is 0.794. The van der Waals surface area contributed by atoms with Crippen LogP contribution in [-0.4, -0.2) is 62.0 Å². The van der Waals surface area contributed by atoms with Crippen molar-refractivity contribution in [2.75, 3.05) is 32.8 Å². The minimum atomic E-state index is 0.382. The molecule has 3 rings (SSSR count). The molecule has 3 unspecified atom stereocenters. The van der Waals surface area contributed by atoms with Crippen LogP contribution in [0.1, 0.15) is 32.6 Å². The molecule has 2 heterocycles. The topological polar surface area (TPSA) is 33.7 Å². The summed E-state index contributed by atoms with van der Waals surface area (Å²) in [5, 5.41) is 3.57. The van der Waals surface area contributed by atoms with Crippen molar-refractivity contribution in [3.05, 3.63) is 0 Å². The molecule has 3 atom stereocenters. The third kappa shape index (κ3) is 3.67. The molecule has 2 saturated heterocycles. The molecule has 0 bridgehead atoms. The molecule has 4 heteroatoms. The Hall–Kier alpha value is -0.160. The third-order valence-electron chi connectivity index (χ3n) is 4.19. The van der Waals surface area contributed by atoms with Crippen LogP contribution >= 0.6 is 0 Å². The van der Waals surface area contributed by atoms with E-state index in [1.807, 2.05) is 0 Å². The molecule has 0 radical (unpaired) electrons. The smallest absolute Gasteiger partial charge is 0.0707 e. The molecular formula is C14H26N2O2. The van der Waals surface area contributed by atoms with Crippen molar-refractivity contribution in [1.82, 2.24) is 10.2 Å². The van der Waals surface area contributed by atoms with Gasteiger partial charge >= 0.3 is 0 Å². The Bertz CT molecular complexity index is 271.